The molecule has 0 radical (unpaired) electrons. The number of aliphatic hydroxyl groups excluding tert-OH is 1. The molecule has 0 aromatic carbocycles. The molecule has 0 saturated carbocycles. The lowest BCUT2D eigenvalue weighted by Crippen LogP contribution is -2.48. The Hall–Kier alpha value is -0.650. The van der Waals surface area contributed by atoms with Crippen molar-refractivity contribution in [2.45, 2.75) is 45.3 Å². The van der Waals surface area contributed by atoms with Crippen molar-refractivity contribution in [3.63, 3.8) is 0 Å². The lowest BCUT2D eigenvalue weighted by molar-refractivity contribution is 0.153. The predicted molar refractivity (Wildman–Crippen MR) is 78.9 cm³/mol. The highest BCUT2D eigenvalue weighted by Crippen LogP contribution is 2.36. The molecular formula is C14H23N3OS. The molecule has 1 aliphatic carbocycles. The highest BCUT2D eigenvalue weighted by atomic mass is 32.1. The second-order valence-corrected chi connectivity index (χ2v) is 6.89. The number of hydrogen-bond acceptors (Lipinski definition) is 5. The Balaban J connectivity index is 1.70. The van der Waals surface area contributed by atoms with Crippen LogP contribution in [0.2, 0.25) is 0 Å². The minimum absolute atomic E-state index is 0.328. The first-order valence-corrected chi connectivity index (χ1v) is 8.13. The van der Waals surface area contributed by atoms with E-state index in [0.29, 0.717) is 6.04 Å². The Bertz CT molecular complexity index is 438. The van der Waals surface area contributed by atoms with Gasteiger partial charge in [0.2, 0.25) is 0 Å². The molecule has 5 heteroatoms. The summed E-state index contributed by atoms with van der Waals surface area (Å²) < 4.78 is 0. The summed E-state index contributed by atoms with van der Waals surface area (Å²) in [7, 11) is 0. The molecule has 0 spiro atoms. The number of aliphatic hydroxyl groups is 1. The van der Waals surface area contributed by atoms with E-state index in [4.69, 9.17) is 4.98 Å². The average molecular weight is 281 g/mol. The van der Waals surface area contributed by atoms with Gasteiger partial charge in [0.15, 0.2) is 5.13 Å². The van der Waals surface area contributed by atoms with Crippen molar-refractivity contribution >= 4 is 16.5 Å². The smallest absolute Gasteiger partial charge is 0.185 e. The summed E-state index contributed by atoms with van der Waals surface area (Å²) in [6, 6.07) is 0.633. The molecule has 1 fully saturated rings. The van der Waals surface area contributed by atoms with Crippen molar-refractivity contribution in [1.82, 2.24) is 9.88 Å². The minimum atomic E-state index is -0.328. The molecule has 0 amide bonds. The van der Waals surface area contributed by atoms with Gasteiger partial charge in [-0.15, -0.1) is 11.3 Å². The van der Waals surface area contributed by atoms with Crippen molar-refractivity contribution in [2.24, 2.45) is 0 Å². The Kier molecular flexibility index (Phi) is 3.78. The maximum absolute atomic E-state index is 10.0. The molecule has 2 heterocycles. The molecule has 1 aromatic rings. The monoisotopic (exact) mass is 281 g/mol. The summed E-state index contributed by atoms with van der Waals surface area (Å²) in [6.07, 6.45) is 2.73. The maximum Gasteiger partial charge on any atom is 0.185 e. The van der Waals surface area contributed by atoms with Crippen molar-refractivity contribution in [1.29, 1.82) is 0 Å². The van der Waals surface area contributed by atoms with Gasteiger partial charge in [-0.2, -0.15) is 0 Å². The van der Waals surface area contributed by atoms with Crippen LogP contribution in [0.25, 0.3) is 0 Å². The van der Waals surface area contributed by atoms with Gasteiger partial charge >= 0.3 is 0 Å². The third kappa shape index (κ3) is 2.64. The molecule has 0 bridgehead atoms. The van der Waals surface area contributed by atoms with Crippen molar-refractivity contribution in [3.8, 4) is 0 Å². The van der Waals surface area contributed by atoms with Crippen LogP contribution in [-0.2, 0) is 6.42 Å². The Morgan fingerprint density at radius 2 is 2.00 bits per heavy atom. The fourth-order valence-corrected chi connectivity index (χ4v) is 4.16. The van der Waals surface area contributed by atoms with Crippen LogP contribution in [0.5, 0.6) is 0 Å². The standard InChI is InChI=1S/C14H23N3OS/c1-10(2)16-6-8-17(9-7-16)14-15-13-11(18)4-3-5-12(13)19-14/h10-11,18H,3-9H2,1-2H3. The molecule has 1 aliphatic heterocycles. The second kappa shape index (κ2) is 5.38. The number of piperazine rings is 1. The van der Waals surface area contributed by atoms with Gasteiger partial charge in [0.1, 0.15) is 0 Å². The third-order valence-corrected chi connectivity index (χ3v) is 5.42. The molecule has 1 aromatic heterocycles. The lowest BCUT2D eigenvalue weighted by atomic mass is 10.0. The zero-order chi connectivity index (χ0) is 13.4. The van der Waals surface area contributed by atoms with Crippen molar-refractivity contribution in [3.05, 3.63) is 10.6 Å². The second-order valence-electron chi connectivity index (χ2n) is 5.83. The summed E-state index contributed by atoms with van der Waals surface area (Å²) in [5, 5.41) is 11.1. The van der Waals surface area contributed by atoms with Crippen LogP contribution < -0.4 is 4.90 Å². The van der Waals surface area contributed by atoms with Crippen LogP contribution in [0, 0.1) is 0 Å². The van der Waals surface area contributed by atoms with Gasteiger partial charge in [-0.05, 0) is 33.1 Å². The third-order valence-electron chi connectivity index (χ3n) is 4.23. The fraction of sp³-hybridized carbons (Fsp3) is 0.786. The van der Waals surface area contributed by atoms with Crippen molar-refractivity contribution in [2.75, 3.05) is 31.1 Å². The van der Waals surface area contributed by atoms with Gasteiger partial charge in [0.25, 0.3) is 0 Å². The number of hydrogen-bond donors (Lipinski definition) is 1. The number of fused-ring (bicyclic) bond motifs is 1. The number of anilines is 1. The van der Waals surface area contributed by atoms with Crippen LogP contribution in [0.1, 0.15) is 43.4 Å². The van der Waals surface area contributed by atoms with Gasteiger partial charge < -0.3 is 10.0 Å². The molecule has 1 N–H and O–H groups in total. The molecule has 19 heavy (non-hydrogen) atoms. The van der Waals surface area contributed by atoms with Crippen LogP contribution in [-0.4, -0.2) is 47.2 Å². The van der Waals surface area contributed by atoms with Gasteiger partial charge in [-0.1, -0.05) is 0 Å². The number of nitrogens with zero attached hydrogens (tertiary/aromatic N) is 3. The van der Waals surface area contributed by atoms with E-state index < -0.39 is 0 Å². The molecule has 4 nitrogen and oxygen atoms in total. The number of aromatic nitrogens is 1. The summed E-state index contributed by atoms with van der Waals surface area (Å²) in [5.74, 6) is 0. The molecule has 1 saturated heterocycles. The van der Waals surface area contributed by atoms with Crippen LogP contribution in [0.3, 0.4) is 0 Å². The highest BCUT2D eigenvalue weighted by Gasteiger charge is 2.26. The van der Waals surface area contributed by atoms with Crippen molar-refractivity contribution < 1.29 is 5.11 Å². The van der Waals surface area contributed by atoms with E-state index in [-0.39, 0.29) is 6.10 Å². The van der Waals surface area contributed by atoms with E-state index in [1.807, 2.05) is 0 Å². The van der Waals surface area contributed by atoms with Crippen LogP contribution in [0.15, 0.2) is 0 Å². The molecular weight excluding hydrogens is 258 g/mol. The first kappa shape index (κ1) is 13.3. The maximum atomic E-state index is 10.0. The normalized spacial score (nSPS) is 24.8. The summed E-state index contributed by atoms with van der Waals surface area (Å²) in [4.78, 5) is 10.9. The number of aryl methyl sites for hydroxylation is 1. The van der Waals surface area contributed by atoms with Gasteiger partial charge in [0, 0.05) is 37.1 Å². The number of rotatable bonds is 2. The molecule has 1 atom stereocenters. The zero-order valence-corrected chi connectivity index (χ0v) is 12.6. The molecule has 3 rings (SSSR count). The first-order valence-electron chi connectivity index (χ1n) is 7.32. The van der Waals surface area contributed by atoms with E-state index in [2.05, 4.69) is 23.6 Å². The van der Waals surface area contributed by atoms with Crippen LogP contribution in [0.4, 0.5) is 5.13 Å². The zero-order valence-electron chi connectivity index (χ0n) is 11.8. The predicted octanol–water partition coefficient (Wildman–Crippen LogP) is 2.04. The van der Waals surface area contributed by atoms with E-state index in [0.717, 1.165) is 56.3 Å². The van der Waals surface area contributed by atoms with E-state index in [9.17, 15) is 5.11 Å². The Morgan fingerprint density at radius 1 is 1.26 bits per heavy atom. The largest absolute Gasteiger partial charge is 0.387 e. The Labute approximate surface area is 119 Å². The van der Waals surface area contributed by atoms with E-state index in [1.165, 1.54) is 4.88 Å². The van der Waals surface area contributed by atoms with Gasteiger partial charge in [-0.25, -0.2) is 4.98 Å². The van der Waals surface area contributed by atoms with E-state index >= 15 is 0 Å². The lowest BCUT2D eigenvalue weighted by Gasteiger charge is -2.36. The van der Waals surface area contributed by atoms with Crippen LogP contribution >= 0.6 is 11.3 Å². The van der Waals surface area contributed by atoms with E-state index in [1.54, 1.807) is 11.3 Å². The molecule has 1 unspecified atom stereocenters. The number of thiazole rings is 1. The quantitative estimate of drug-likeness (QED) is 0.900. The Morgan fingerprint density at radius 3 is 2.63 bits per heavy atom. The minimum Gasteiger partial charge on any atom is -0.387 e. The summed E-state index contributed by atoms with van der Waals surface area (Å²) in [5.41, 5.74) is 0.956. The summed E-state index contributed by atoms with van der Waals surface area (Å²) in [6.45, 7) is 8.86. The fourth-order valence-electron chi connectivity index (χ4n) is 2.95. The SMILES string of the molecule is CC(C)N1CCN(c2nc3c(s2)CCCC3O)CC1. The van der Waals surface area contributed by atoms with Gasteiger partial charge in [-0.3, -0.25) is 4.90 Å². The first-order chi connectivity index (χ1) is 9.15. The summed E-state index contributed by atoms with van der Waals surface area (Å²) >= 11 is 1.79. The average Bonchev–Trinajstić information content (AvgIpc) is 2.84. The highest BCUT2D eigenvalue weighted by molar-refractivity contribution is 7.15. The molecule has 106 valence electrons. The van der Waals surface area contributed by atoms with Gasteiger partial charge in [0.05, 0.1) is 11.8 Å². The molecule has 2 aliphatic rings. The topological polar surface area (TPSA) is 39.6 Å².